The number of likely N-dealkylation sites (N-methyl/N-ethyl adjacent to an activating group) is 1. The molecule has 2 atom stereocenters. The first-order valence-electron chi connectivity index (χ1n) is 20.1. The number of methoxy groups -OCH3 is 5. The van der Waals surface area contributed by atoms with Gasteiger partial charge in [0, 0.05) is 56.2 Å². The predicted molar refractivity (Wildman–Crippen MR) is 218 cm³/mol. The first-order chi connectivity index (χ1) is 28.1. The van der Waals surface area contributed by atoms with Crippen molar-refractivity contribution in [1.82, 2.24) is 0 Å². The molecule has 0 aliphatic carbocycles. The van der Waals surface area contributed by atoms with Crippen LogP contribution < -0.4 is 23.7 Å². The Morgan fingerprint density at radius 3 is 1.90 bits per heavy atom. The lowest BCUT2D eigenvalue weighted by Gasteiger charge is -2.46. The number of rotatable bonds is 21. The van der Waals surface area contributed by atoms with E-state index in [0.717, 1.165) is 109 Å². The number of quaternary nitrogens is 2. The molecule has 2 aliphatic rings. The van der Waals surface area contributed by atoms with Gasteiger partial charge in [0.2, 0.25) is 5.75 Å². The Morgan fingerprint density at radius 2 is 1.29 bits per heavy atom. The second kappa shape index (κ2) is 20.7. The van der Waals surface area contributed by atoms with Gasteiger partial charge in [0.25, 0.3) is 0 Å². The molecular formula is C45H62N2O11+2. The molecule has 0 radical (unpaired) electrons. The SMILES string of the molecule is COc1ccc(C[C@@H]2c3cc(CO)c(CO)cc3CC[N@@+]2(C)CCCOC(=O)/C=C\C(=O)OCCC[N+]2(Cc3ccc(OC)c(OC)c3OC)CCCC2)cc1OC. The van der Waals surface area contributed by atoms with Gasteiger partial charge in [0.05, 0.1) is 107 Å². The van der Waals surface area contributed by atoms with Crippen LogP contribution in [0, 0.1) is 0 Å². The van der Waals surface area contributed by atoms with Gasteiger partial charge in [-0.05, 0) is 52.6 Å². The van der Waals surface area contributed by atoms with E-state index in [2.05, 4.69) is 7.05 Å². The predicted octanol–water partition coefficient (Wildman–Crippen LogP) is 5.23. The normalized spacial score (nSPS) is 18.4. The summed E-state index contributed by atoms with van der Waals surface area (Å²) in [6.07, 6.45) is 7.31. The van der Waals surface area contributed by atoms with Crippen molar-refractivity contribution in [3.05, 3.63) is 88.0 Å². The van der Waals surface area contributed by atoms with Gasteiger partial charge < -0.3 is 52.3 Å². The molecule has 0 unspecified atom stereocenters. The zero-order valence-corrected chi connectivity index (χ0v) is 35.1. The third-order valence-electron chi connectivity index (χ3n) is 11.9. The smallest absolute Gasteiger partial charge is 0.331 e. The number of hydrogen-bond acceptors (Lipinski definition) is 11. The van der Waals surface area contributed by atoms with Crippen LogP contribution in [0.25, 0.3) is 0 Å². The van der Waals surface area contributed by atoms with Crippen molar-refractivity contribution in [1.29, 1.82) is 0 Å². The fourth-order valence-corrected chi connectivity index (χ4v) is 8.80. The van der Waals surface area contributed by atoms with Crippen LogP contribution in [0.5, 0.6) is 28.7 Å². The van der Waals surface area contributed by atoms with E-state index in [0.29, 0.717) is 52.5 Å². The molecule has 13 nitrogen and oxygen atoms in total. The molecule has 58 heavy (non-hydrogen) atoms. The minimum absolute atomic E-state index is 0.0291. The van der Waals surface area contributed by atoms with E-state index in [1.165, 1.54) is 0 Å². The summed E-state index contributed by atoms with van der Waals surface area (Å²) < 4.78 is 40.4. The van der Waals surface area contributed by atoms with E-state index in [1.54, 1.807) is 35.5 Å². The largest absolute Gasteiger partial charge is 0.493 e. The van der Waals surface area contributed by atoms with Gasteiger partial charge in [-0.2, -0.15) is 0 Å². The molecule has 2 heterocycles. The number of benzene rings is 3. The maximum atomic E-state index is 12.6. The highest BCUT2D eigenvalue weighted by molar-refractivity contribution is 5.91. The van der Waals surface area contributed by atoms with Gasteiger partial charge in [-0.3, -0.25) is 0 Å². The average molecular weight is 807 g/mol. The van der Waals surface area contributed by atoms with Crippen LogP contribution in [-0.2, 0) is 51.7 Å². The maximum absolute atomic E-state index is 12.6. The highest BCUT2D eigenvalue weighted by Crippen LogP contribution is 2.42. The number of carbonyl (C=O) groups is 2. The lowest BCUT2D eigenvalue weighted by atomic mass is 9.84. The van der Waals surface area contributed by atoms with Crippen LogP contribution in [0.1, 0.15) is 65.1 Å². The van der Waals surface area contributed by atoms with E-state index in [4.69, 9.17) is 33.2 Å². The van der Waals surface area contributed by atoms with Crippen LogP contribution in [0.2, 0.25) is 0 Å². The molecular weight excluding hydrogens is 744 g/mol. The molecule has 0 saturated carbocycles. The number of fused-ring (bicyclic) bond motifs is 1. The summed E-state index contributed by atoms with van der Waals surface area (Å²) in [5.41, 5.74) is 5.88. The summed E-state index contributed by atoms with van der Waals surface area (Å²) in [6, 6.07) is 14.0. The minimum Gasteiger partial charge on any atom is -0.493 e. The lowest BCUT2D eigenvalue weighted by molar-refractivity contribution is -0.941. The summed E-state index contributed by atoms with van der Waals surface area (Å²) in [5.74, 6) is 2.00. The van der Waals surface area contributed by atoms with Gasteiger partial charge in [-0.15, -0.1) is 0 Å². The highest BCUT2D eigenvalue weighted by Gasteiger charge is 2.40. The molecule has 0 aromatic heterocycles. The summed E-state index contributed by atoms with van der Waals surface area (Å²) in [6.45, 7) is 5.37. The van der Waals surface area contributed by atoms with Gasteiger partial charge >= 0.3 is 11.9 Å². The molecule has 13 heteroatoms. The second-order valence-corrected chi connectivity index (χ2v) is 15.5. The Hall–Kier alpha value is -4.82. The van der Waals surface area contributed by atoms with Gasteiger partial charge in [0.1, 0.15) is 12.6 Å². The van der Waals surface area contributed by atoms with Crippen molar-refractivity contribution >= 4 is 11.9 Å². The Morgan fingerprint density at radius 1 is 0.690 bits per heavy atom. The topological polar surface area (TPSA) is 139 Å². The monoisotopic (exact) mass is 806 g/mol. The lowest BCUT2D eigenvalue weighted by Crippen LogP contribution is -2.52. The first kappa shape index (κ1) is 44.3. The van der Waals surface area contributed by atoms with E-state index >= 15 is 0 Å². The molecule has 5 rings (SSSR count). The summed E-state index contributed by atoms with van der Waals surface area (Å²) >= 11 is 0. The minimum atomic E-state index is -0.597. The van der Waals surface area contributed by atoms with E-state index in [-0.39, 0.29) is 32.5 Å². The fraction of sp³-hybridized carbons (Fsp3) is 0.511. The zero-order chi connectivity index (χ0) is 41.7. The first-order valence-corrected chi connectivity index (χ1v) is 20.1. The fourth-order valence-electron chi connectivity index (χ4n) is 8.80. The Bertz CT molecular complexity index is 1890. The molecule has 0 amide bonds. The number of carbonyl (C=O) groups excluding carboxylic acids is 2. The van der Waals surface area contributed by atoms with Crippen LogP contribution in [0.15, 0.2) is 54.6 Å². The number of nitrogens with zero attached hydrogens (tertiary/aromatic N) is 2. The molecule has 3 aromatic rings. The molecule has 0 spiro atoms. The molecule has 2 aliphatic heterocycles. The molecule has 2 N–H and O–H groups in total. The molecule has 1 fully saturated rings. The van der Waals surface area contributed by atoms with Crippen molar-refractivity contribution < 1.29 is 61.9 Å². The maximum Gasteiger partial charge on any atom is 0.331 e. The van der Waals surface area contributed by atoms with Crippen LogP contribution in [0.4, 0.5) is 0 Å². The van der Waals surface area contributed by atoms with E-state index in [9.17, 15) is 19.8 Å². The Balaban J connectivity index is 1.13. The zero-order valence-electron chi connectivity index (χ0n) is 35.1. The number of aliphatic hydroxyl groups excluding tert-OH is 2. The number of likely N-dealkylation sites (tertiary alicyclic amines) is 1. The van der Waals surface area contributed by atoms with Crippen molar-refractivity contribution in [2.45, 2.75) is 64.3 Å². The Kier molecular flexibility index (Phi) is 15.8. The third-order valence-corrected chi connectivity index (χ3v) is 11.9. The van der Waals surface area contributed by atoms with E-state index in [1.807, 2.05) is 42.5 Å². The van der Waals surface area contributed by atoms with E-state index < -0.39 is 11.9 Å². The van der Waals surface area contributed by atoms with Gasteiger partial charge in [0.15, 0.2) is 23.0 Å². The molecule has 0 bridgehead atoms. The van der Waals surface area contributed by atoms with Crippen LogP contribution in [-0.4, -0.2) is 120 Å². The van der Waals surface area contributed by atoms with Gasteiger partial charge in [-0.1, -0.05) is 12.1 Å². The third kappa shape index (κ3) is 10.6. The summed E-state index contributed by atoms with van der Waals surface area (Å²) in [5, 5.41) is 20.1. The average Bonchev–Trinajstić information content (AvgIpc) is 3.71. The number of hydrogen-bond donors (Lipinski definition) is 2. The summed E-state index contributed by atoms with van der Waals surface area (Å²) in [4.78, 5) is 25.2. The number of aliphatic hydroxyl groups is 2. The molecule has 1 saturated heterocycles. The summed E-state index contributed by atoms with van der Waals surface area (Å²) in [7, 11) is 10.3. The van der Waals surface area contributed by atoms with Crippen LogP contribution in [0.3, 0.4) is 0 Å². The Labute approximate surface area is 342 Å². The van der Waals surface area contributed by atoms with Crippen molar-refractivity contribution in [2.24, 2.45) is 0 Å². The number of ether oxygens (including phenoxy) is 7. The van der Waals surface area contributed by atoms with Gasteiger partial charge in [-0.25, -0.2) is 9.59 Å². The molecule has 316 valence electrons. The van der Waals surface area contributed by atoms with Crippen molar-refractivity contribution in [3.8, 4) is 28.7 Å². The molecule has 3 aromatic carbocycles. The highest BCUT2D eigenvalue weighted by atomic mass is 16.5. The standard InChI is InChI=1S/C45H62N2O11/c1-46(22-17-33-27-35(30-48)36(31-49)28-37(33)38(46)25-32-11-13-39(52-2)41(26-32)54-4)18-9-23-57-42(50)15-16-43(51)58-24-10-21-47(19-7-8-20-47)29-34-12-14-40(53-3)45(56-6)44(34)55-5/h11-16,26-28,38,48-49H,7-10,17-25,29-31H2,1-6H3/q+2/b16-15-/t38-,46-/m1/s1. The van der Waals surface area contributed by atoms with Crippen molar-refractivity contribution in [2.75, 3.05) is 88.5 Å². The van der Waals surface area contributed by atoms with Crippen LogP contribution >= 0.6 is 0 Å². The quantitative estimate of drug-likeness (QED) is 0.0633. The van der Waals surface area contributed by atoms with Crippen molar-refractivity contribution in [3.63, 3.8) is 0 Å². The second-order valence-electron chi connectivity index (χ2n) is 15.5. The number of esters is 2.